The quantitative estimate of drug-likeness (QED) is 0.528. The van der Waals surface area contributed by atoms with Crippen LogP contribution in [0.25, 0.3) is 27.8 Å². The number of pyridine rings is 2. The Hall–Kier alpha value is -3.75. The number of hydrogen-bond acceptors (Lipinski definition) is 7. The van der Waals surface area contributed by atoms with E-state index in [0.717, 1.165) is 46.7 Å². The Labute approximate surface area is 178 Å². The summed E-state index contributed by atoms with van der Waals surface area (Å²) in [4.78, 5) is 27.3. The molecule has 1 aliphatic heterocycles. The number of piperidine rings is 1. The van der Waals surface area contributed by atoms with Gasteiger partial charge in [0.25, 0.3) is 0 Å². The molecule has 2 N–H and O–H groups in total. The van der Waals surface area contributed by atoms with Crippen molar-refractivity contribution in [2.24, 2.45) is 11.8 Å². The Morgan fingerprint density at radius 3 is 2.71 bits per heavy atom. The lowest BCUT2D eigenvalue weighted by Crippen LogP contribution is -2.32. The molecule has 6 rings (SSSR count). The lowest BCUT2D eigenvalue weighted by Gasteiger charge is -2.18. The summed E-state index contributed by atoms with van der Waals surface area (Å²) in [5.41, 5.74) is 4.41. The van der Waals surface area contributed by atoms with Gasteiger partial charge < -0.3 is 15.5 Å². The Balaban J connectivity index is 1.32. The Morgan fingerprint density at radius 2 is 1.94 bits per heavy atom. The summed E-state index contributed by atoms with van der Waals surface area (Å²) in [6, 6.07) is 10.1. The van der Waals surface area contributed by atoms with Crippen LogP contribution in [0.2, 0.25) is 0 Å². The van der Waals surface area contributed by atoms with Gasteiger partial charge in [-0.25, -0.2) is 9.50 Å². The molecule has 9 nitrogen and oxygen atoms in total. The molecular weight excluding hydrogens is 392 g/mol. The van der Waals surface area contributed by atoms with Gasteiger partial charge in [-0.1, -0.05) is 0 Å². The highest BCUT2D eigenvalue weighted by molar-refractivity contribution is 5.89. The molecular formula is C22H22N8O. The van der Waals surface area contributed by atoms with Crippen LogP contribution in [0.5, 0.6) is 0 Å². The van der Waals surface area contributed by atoms with E-state index in [-0.39, 0.29) is 5.91 Å². The second-order valence-corrected chi connectivity index (χ2v) is 8.22. The van der Waals surface area contributed by atoms with E-state index in [1.165, 1.54) is 0 Å². The van der Waals surface area contributed by atoms with Crippen molar-refractivity contribution in [2.45, 2.75) is 13.0 Å². The fourth-order valence-corrected chi connectivity index (χ4v) is 4.72. The number of aromatic nitrogens is 5. The van der Waals surface area contributed by atoms with Crippen LogP contribution < -0.4 is 10.6 Å². The molecule has 1 aliphatic carbocycles. The van der Waals surface area contributed by atoms with Crippen molar-refractivity contribution in [2.75, 3.05) is 30.8 Å². The molecule has 5 heterocycles. The zero-order valence-electron chi connectivity index (χ0n) is 17.3. The van der Waals surface area contributed by atoms with E-state index in [1.807, 2.05) is 53.0 Å². The Morgan fingerprint density at radius 1 is 1.10 bits per heavy atom. The Bertz CT molecular complexity index is 1320. The van der Waals surface area contributed by atoms with E-state index >= 15 is 0 Å². The predicted octanol–water partition coefficient (Wildman–Crippen LogP) is 2.27. The summed E-state index contributed by atoms with van der Waals surface area (Å²) in [5, 5.41) is 11.4. The average molecular weight is 414 g/mol. The fraction of sp³-hybridized carbons (Fsp3) is 0.318. The maximum Gasteiger partial charge on any atom is 0.243 e. The molecule has 3 atom stereocenters. The molecule has 0 radical (unpaired) electrons. The highest BCUT2D eigenvalue weighted by Gasteiger charge is 2.56. The van der Waals surface area contributed by atoms with Gasteiger partial charge in [0.2, 0.25) is 11.9 Å². The molecule has 9 heteroatoms. The van der Waals surface area contributed by atoms with Crippen LogP contribution >= 0.6 is 0 Å². The standard InChI is InChI=1S/C22H22N8O/c1-12(31)29-10-14-15(11-29)19(14)26-22-27-21(23-2)20-13(7-9-30(20)28-22)16-5-6-17-18(25-16)4-3-8-24-17/h3-9,14-15,19H,10-11H2,1-2H3,(H2,23,26,27,28)/t14-,15+,19?. The second-order valence-electron chi connectivity index (χ2n) is 8.22. The first kappa shape index (κ1) is 18.1. The fourth-order valence-electron chi connectivity index (χ4n) is 4.72. The van der Waals surface area contributed by atoms with Crippen LogP contribution in [0, 0.1) is 11.8 Å². The van der Waals surface area contributed by atoms with Crippen LogP contribution in [0.3, 0.4) is 0 Å². The van der Waals surface area contributed by atoms with Gasteiger partial charge >= 0.3 is 0 Å². The minimum Gasteiger partial charge on any atom is -0.371 e. The first-order valence-electron chi connectivity index (χ1n) is 10.4. The number of carbonyl (C=O) groups excluding carboxylic acids is 1. The van der Waals surface area contributed by atoms with Gasteiger partial charge in [0.05, 0.1) is 16.7 Å². The monoisotopic (exact) mass is 414 g/mol. The van der Waals surface area contributed by atoms with Gasteiger partial charge in [-0.2, -0.15) is 4.98 Å². The molecule has 2 aliphatic rings. The molecule has 156 valence electrons. The predicted molar refractivity (Wildman–Crippen MR) is 118 cm³/mol. The third-order valence-electron chi connectivity index (χ3n) is 6.42. The molecule has 1 saturated carbocycles. The number of anilines is 2. The molecule has 0 spiro atoms. The summed E-state index contributed by atoms with van der Waals surface area (Å²) in [6.45, 7) is 3.26. The molecule has 4 aromatic rings. The maximum atomic E-state index is 11.6. The molecule has 31 heavy (non-hydrogen) atoms. The lowest BCUT2D eigenvalue weighted by molar-refractivity contribution is -0.128. The van der Waals surface area contributed by atoms with Crippen LogP contribution in [0.4, 0.5) is 11.8 Å². The zero-order chi connectivity index (χ0) is 21.1. The van der Waals surface area contributed by atoms with Crippen LogP contribution in [0.1, 0.15) is 6.92 Å². The van der Waals surface area contributed by atoms with Crippen molar-refractivity contribution < 1.29 is 4.79 Å². The zero-order valence-corrected chi connectivity index (χ0v) is 17.3. The van der Waals surface area contributed by atoms with Crippen molar-refractivity contribution in [3.63, 3.8) is 0 Å². The van der Waals surface area contributed by atoms with E-state index < -0.39 is 0 Å². The summed E-state index contributed by atoms with van der Waals surface area (Å²) in [7, 11) is 1.86. The number of nitrogens with zero attached hydrogens (tertiary/aromatic N) is 6. The third kappa shape index (κ3) is 2.88. The van der Waals surface area contributed by atoms with Crippen molar-refractivity contribution in [3.05, 3.63) is 42.7 Å². The van der Waals surface area contributed by atoms with Crippen LogP contribution in [0.15, 0.2) is 42.7 Å². The van der Waals surface area contributed by atoms with Crippen LogP contribution in [-0.4, -0.2) is 61.6 Å². The first-order valence-corrected chi connectivity index (χ1v) is 10.4. The second kappa shape index (κ2) is 6.63. The number of amides is 1. The molecule has 4 aromatic heterocycles. The normalized spacial score (nSPS) is 22.0. The van der Waals surface area contributed by atoms with E-state index in [1.54, 1.807) is 13.1 Å². The van der Waals surface area contributed by atoms with Gasteiger partial charge in [0, 0.05) is 62.9 Å². The number of fused-ring (bicyclic) bond motifs is 3. The molecule has 0 aromatic carbocycles. The van der Waals surface area contributed by atoms with Crippen molar-refractivity contribution in [1.29, 1.82) is 0 Å². The van der Waals surface area contributed by atoms with Crippen molar-refractivity contribution in [1.82, 2.24) is 29.5 Å². The van der Waals surface area contributed by atoms with E-state index in [9.17, 15) is 4.79 Å². The molecule has 1 saturated heterocycles. The molecule has 2 fully saturated rings. The smallest absolute Gasteiger partial charge is 0.243 e. The van der Waals surface area contributed by atoms with Crippen molar-refractivity contribution >= 4 is 34.2 Å². The van der Waals surface area contributed by atoms with E-state index in [4.69, 9.17) is 9.97 Å². The highest BCUT2D eigenvalue weighted by atomic mass is 16.2. The van der Waals surface area contributed by atoms with Gasteiger partial charge in [-0.05, 0) is 30.3 Å². The number of nitrogens with one attached hydrogen (secondary N) is 2. The number of likely N-dealkylation sites (tertiary alicyclic amines) is 1. The molecule has 1 amide bonds. The SMILES string of the molecule is CNc1nc(NC2[C@H]3CN(C(C)=O)C[C@@H]23)nn2ccc(-c3ccc4ncccc4n3)c12. The summed E-state index contributed by atoms with van der Waals surface area (Å²) in [6.07, 6.45) is 3.70. The van der Waals surface area contributed by atoms with Gasteiger partial charge in [0.15, 0.2) is 5.82 Å². The minimum absolute atomic E-state index is 0.152. The van der Waals surface area contributed by atoms with Crippen LogP contribution in [-0.2, 0) is 4.79 Å². The van der Waals surface area contributed by atoms with Gasteiger partial charge in [-0.15, -0.1) is 5.10 Å². The average Bonchev–Trinajstić information content (AvgIpc) is 3.14. The highest BCUT2D eigenvalue weighted by Crippen LogP contribution is 2.47. The van der Waals surface area contributed by atoms with Crippen molar-refractivity contribution in [3.8, 4) is 11.3 Å². The van der Waals surface area contributed by atoms with E-state index in [0.29, 0.717) is 23.8 Å². The molecule has 0 bridgehead atoms. The summed E-state index contributed by atoms with van der Waals surface area (Å²) < 4.78 is 1.84. The van der Waals surface area contributed by atoms with Gasteiger partial charge in [-0.3, -0.25) is 9.78 Å². The summed E-state index contributed by atoms with van der Waals surface area (Å²) in [5.74, 6) is 2.44. The summed E-state index contributed by atoms with van der Waals surface area (Å²) >= 11 is 0. The largest absolute Gasteiger partial charge is 0.371 e. The van der Waals surface area contributed by atoms with E-state index in [2.05, 4.69) is 20.7 Å². The Kier molecular flexibility index (Phi) is 3.86. The number of carbonyl (C=O) groups is 1. The molecule has 1 unspecified atom stereocenters. The maximum absolute atomic E-state index is 11.6. The number of rotatable bonds is 4. The topological polar surface area (TPSA) is 100 Å². The number of hydrogen-bond donors (Lipinski definition) is 2. The van der Waals surface area contributed by atoms with Gasteiger partial charge in [0.1, 0.15) is 5.52 Å². The minimum atomic E-state index is 0.152. The first-order chi connectivity index (χ1) is 15.1. The third-order valence-corrected chi connectivity index (χ3v) is 6.42. The lowest BCUT2D eigenvalue weighted by atomic mass is 10.1.